The first kappa shape index (κ1) is 14.6. The van der Waals surface area contributed by atoms with Crippen LogP contribution in [0.15, 0.2) is 18.2 Å². The van der Waals surface area contributed by atoms with Gasteiger partial charge in [-0.1, -0.05) is 11.6 Å². The van der Waals surface area contributed by atoms with Crippen molar-refractivity contribution in [3.8, 4) is 0 Å². The minimum atomic E-state index is -0.404. The summed E-state index contributed by atoms with van der Waals surface area (Å²) in [7, 11) is 1.73. The molecule has 1 aromatic rings. The predicted octanol–water partition coefficient (Wildman–Crippen LogP) is 3.63. The lowest BCUT2D eigenvalue weighted by atomic mass is 10.0. The van der Waals surface area contributed by atoms with Crippen LogP contribution in [0.5, 0.6) is 0 Å². The number of ether oxygens (including phenoxy) is 2. The Hall–Kier alpha value is -0.770. The van der Waals surface area contributed by atoms with Crippen LogP contribution in [0.2, 0.25) is 5.02 Å². The first-order valence-electron chi connectivity index (χ1n) is 6.80. The minimum absolute atomic E-state index is 0.404. The van der Waals surface area contributed by atoms with Gasteiger partial charge in [0.2, 0.25) is 0 Å². The van der Waals surface area contributed by atoms with Crippen LogP contribution in [-0.4, -0.2) is 32.6 Å². The third kappa shape index (κ3) is 3.41. The Morgan fingerprint density at radius 2 is 1.95 bits per heavy atom. The fourth-order valence-corrected chi connectivity index (χ4v) is 2.96. The molecule has 1 aliphatic heterocycles. The molecule has 2 rings (SSSR count). The molecule has 1 fully saturated rings. The normalized spacial score (nSPS) is 18.6. The van der Waals surface area contributed by atoms with Gasteiger partial charge in [0.25, 0.3) is 0 Å². The Bertz CT molecular complexity index is 408. The van der Waals surface area contributed by atoms with Crippen molar-refractivity contribution in [3.63, 3.8) is 0 Å². The predicted molar refractivity (Wildman–Crippen MR) is 79.0 cm³/mol. The van der Waals surface area contributed by atoms with Crippen molar-refractivity contribution in [1.82, 2.24) is 0 Å². The van der Waals surface area contributed by atoms with Crippen molar-refractivity contribution in [2.24, 2.45) is 0 Å². The lowest BCUT2D eigenvalue weighted by Gasteiger charge is -2.41. The molecular weight excluding hydrogens is 262 g/mol. The van der Waals surface area contributed by atoms with Crippen LogP contribution in [0.25, 0.3) is 0 Å². The number of methoxy groups -OCH3 is 1. The maximum Gasteiger partial charge on any atom is 0.171 e. The molecule has 0 atom stereocenters. The number of halogens is 1. The molecule has 1 heterocycles. The standard InChI is InChI=1S/C15H22ClNO2/c1-4-19-15(18-3)5-7-17(8-6-15)14-10-12(2)9-13(16)11-14/h9-11H,4-8H2,1-3H3. The molecule has 0 aliphatic carbocycles. The van der Waals surface area contributed by atoms with E-state index in [2.05, 4.69) is 17.9 Å². The molecule has 4 heteroatoms. The van der Waals surface area contributed by atoms with Gasteiger partial charge in [-0.25, -0.2) is 0 Å². The van der Waals surface area contributed by atoms with Crippen LogP contribution < -0.4 is 4.90 Å². The third-order valence-electron chi connectivity index (χ3n) is 3.70. The second kappa shape index (κ2) is 6.12. The highest BCUT2D eigenvalue weighted by Gasteiger charge is 2.35. The lowest BCUT2D eigenvalue weighted by Crippen LogP contribution is -2.47. The van der Waals surface area contributed by atoms with Crippen molar-refractivity contribution in [2.45, 2.75) is 32.5 Å². The SMILES string of the molecule is CCOC1(OC)CCN(c2cc(C)cc(Cl)c2)CC1. The molecule has 0 spiro atoms. The Morgan fingerprint density at radius 1 is 1.26 bits per heavy atom. The average molecular weight is 284 g/mol. The zero-order valence-electron chi connectivity index (χ0n) is 11.9. The first-order chi connectivity index (χ1) is 9.08. The molecule has 0 unspecified atom stereocenters. The fraction of sp³-hybridized carbons (Fsp3) is 0.600. The van der Waals surface area contributed by atoms with Crippen LogP contribution in [0.4, 0.5) is 5.69 Å². The highest BCUT2D eigenvalue weighted by molar-refractivity contribution is 6.30. The van der Waals surface area contributed by atoms with Crippen molar-refractivity contribution in [3.05, 3.63) is 28.8 Å². The zero-order valence-corrected chi connectivity index (χ0v) is 12.7. The number of piperidine rings is 1. The Labute approximate surface area is 120 Å². The molecule has 0 amide bonds. The van der Waals surface area contributed by atoms with Crippen molar-refractivity contribution in [2.75, 3.05) is 31.7 Å². The van der Waals surface area contributed by atoms with E-state index in [1.54, 1.807) is 7.11 Å². The van der Waals surface area contributed by atoms with Gasteiger partial charge in [0.15, 0.2) is 5.79 Å². The van der Waals surface area contributed by atoms with Crippen molar-refractivity contribution >= 4 is 17.3 Å². The number of anilines is 1. The maximum absolute atomic E-state index is 6.13. The third-order valence-corrected chi connectivity index (χ3v) is 3.91. The number of nitrogens with zero attached hydrogens (tertiary/aromatic N) is 1. The molecule has 0 bridgehead atoms. The van der Waals surface area contributed by atoms with Gasteiger partial charge >= 0.3 is 0 Å². The summed E-state index contributed by atoms with van der Waals surface area (Å²) in [5.74, 6) is -0.404. The number of hydrogen-bond donors (Lipinski definition) is 0. The van der Waals surface area contributed by atoms with Gasteiger partial charge in [0, 0.05) is 50.4 Å². The second-order valence-electron chi connectivity index (χ2n) is 5.02. The van der Waals surface area contributed by atoms with Gasteiger partial charge in [-0.05, 0) is 37.6 Å². The molecule has 0 N–H and O–H groups in total. The molecule has 1 aromatic carbocycles. The Kier molecular flexibility index (Phi) is 4.71. The largest absolute Gasteiger partial charge is 0.371 e. The summed E-state index contributed by atoms with van der Waals surface area (Å²) < 4.78 is 11.4. The van der Waals surface area contributed by atoms with E-state index >= 15 is 0 Å². The van der Waals surface area contributed by atoms with Crippen LogP contribution >= 0.6 is 11.6 Å². The monoisotopic (exact) mass is 283 g/mol. The van der Waals surface area contributed by atoms with E-state index in [1.807, 2.05) is 19.1 Å². The number of rotatable bonds is 4. The van der Waals surface area contributed by atoms with E-state index in [0.29, 0.717) is 6.61 Å². The van der Waals surface area contributed by atoms with E-state index in [9.17, 15) is 0 Å². The molecule has 1 saturated heterocycles. The van der Waals surface area contributed by atoms with E-state index in [1.165, 1.54) is 11.3 Å². The van der Waals surface area contributed by atoms with Gasteiger partial charge in [0.1, 0.15) is 0 Å². The quantitative estimate of drug-likeness (QED) is 0.788. The van der Waals surface area contributed by atoms with Crippen LogP contribution in [-0.2, 0) is 9.47 Å². The summed E-state index contributed by atoms with van der Waals surface area (Å²) in [6.07, 6.45) is 1.76. The number of benzene rings is 1. The smallest absolute Gasteiger partial charge is 0.171 e. The summed E-state index contributed by atoms with van der Waals surface area (Å²) in [4.78, 5) is 2.34. The summed E-state index contributed by atoms with van der Waals surface area (Å²) in [6, 6.07) is 6.18. The molecule has 106 valence electrons. The number of aryl methyl sites for hydroxylation is 1. The number of hydrogen-bond acceptors (Lipinski definition) is 3. The summed E-state index contributed by atoms with van der Waals surface area (Å²) >= 11 is 6.13. The van der Waals surface area contributed by atoms with Crippen molar-refractivity contribution in [1.29, 1.82) is 0 Å². The van der Waals surface area contributed by atoms with E-state index in [4.69, 9.17) is 21.1 Å². The van der Waals surface area contributed by atoms with Crippen molar-refractivity contribution < 1.29 is 9.47 Å². The van der Waals surface area contributed by atoms with Gasteiger partial charge in [0.05, 0.1) is 0 Å². The highest BCUT2D eigenvalue weighted by atomic mass is 35.5. The molecule has 19 heavy (non-hydrogen) atoms. The topological polar surface area (TPSA) is 21.7 Å². The molecule has 0 aromatic heterocycles. The highest BCUT2D eigenvalue weighted by Crippen LogP contribution is 2.31. The van der Waals surface area contributed by atoms with E-state index in [0.717, 1.165) is 31.0 Å². The summed E-state index contributed by atoms with van der Waals surface area (Å²) in [5, 5.41) is 0.795. The maximum atomic E-state index is 6.13. The first-order valence-corrected chi connectivity index (χ1v) is 7.17. The van der Waals surface area contributed by atoms with Gasteiger partial charge in [-0.2, -0.15) is 0 Å². The molecular formula is C15H22ClNO2. The Balaban J connectivity index is 2.06. The van der Waals surface area contributed by atoms with Gasteiger partial charge in [-0.15, -0.1) is 0 Å². The van der Waals surface area contributed by atoms with Gasteiger partial charge in [-0.3, -0.25) is 0 Å². The van der Waals surface area contributed by atoms with E-state index in [-0.39, 0.29) is 0 Å². The lowest BCUT2D eigenvalue weighted by molar-refractivity contribution is -0.230. The van der Waals surface area contributed by atoms with E-state index < -0.39 is 5.79 Å². The zero-order chi connectivity index (χ0) is 13.9. The van der Waals surface area contributed by atoms with Crippen LogP contribution in [0, 0.1) is 6.92 Å². The molecule has 0 saturated carbocycles. The fourth-order valence-electron chi connectivity index (χ4n) is 2.68. The summed E-state index contributed by atoms with van der Waals surface area (Å²) in [6.45, 7) is 6.61. The van der Waals surface area contributed by atoms with Crippen LogP contribution in [0.3, 0.4) is 0 Å². The summed E-state index contributed by atoms with van der Waals surface area (Å²) in [5.41, 5.74) is 2.38. The minimum Gasteiger partial charge on any atom is -0.371 e. The second-order valence-corrected chi connectivity index (χ2v) is 5.46. The molecule has 3 nitrogen and oxygen atoms in total. The van der Waals surface area contributed by atoms with Crippen LogP contribution in [0.1, 0.15) is 25.3 Å². The molecule has 0 radical (unpaired) electrons. The average Bonchev–Trinajstić information content (AvgIpc) is 2.39. The Morgan fingerprint density at radius 3 is 2.47 bits per heavy atom. The van der Waals surface area contributed by atoms with Gasteiger partial charge < -0.3 is 14.4 Å². The molecule has 1 aliphatic rings.